The molecule has 2 nitrogen and oxygen atoms in total. The maximum absolute atomic E-state index is 9.86. The third-order valence-electron chi connectivity index (χ3n) is 4.28. The first-order valence-electron chi connectivity index (χ1n) is 7.55. The van der Waals surface area contributed by atoms with Crippen LogP contribution in [-0.2, 0) is 0 Å². The number of aliphatic hydroxyl groups excluding tert-OH is 1. The monoisotopic (exact) mass is 262 g/mol. The SMILES string of the molecule is CCC1CCC(Oc2ccc(C)cc2[C@@H](C)O)CC1. The van der Waals surface area contributed by atoms with Gasteiger partial charge in [-0.05, 0) is 57.6 Å². The molecular weight excluding hydrogens is 236 g/mol. The van der Waals surface area contributed by atoms with E-state index in [-0.39, 0.29) is 0 Å². The molecule has 0 aliphatic heterocycles. The molecule has 1 aliphatic rings. The Morgan fingerprint density at radius 1 is 1.26 bits per heavy atom. The van der Waals surface area contributed by atoms with Crippen LogP contribution >= 0.6 is 0 Å². The first-order valence-corrected chi connectivity index (χ1v) is 7.55. The van der Waals surface area contributed by atoms with E-state index in [9.17, 15) is 5.11 Å². The van der Waals surface area contributed by atoms with Crippen molar-refractivity contribution in [3.8, 4) is 5.75 Å². The van der Waals surface area contributed by atoms with Gasteiger partial charge in [-0.1, -0.05) is 25.0 Å². The molecule has 0 saturated heterocycles. The molecule has 1 N–H and O–H groups in total. The maximum atomic E-state index is 9.86. The van der Waals surface area contributed by atoms with Gasteiger partial charge in [0.05, 0.1) is 12.2 Å². The van der Waals surface area contributed by atoms with Crippen LogP contribution in [0.1, 0.15) is 63.2 Å². The number of benzene rings is 1. The smallest absolute Gasteiger partial charge is 0.125 e. The van der Waals surface area contributed by atoms with Crippen LogP contribution < -0.4 is 4.74 Å². The Hall–Kier alpha value is -1.02. The van der Waals surface area contributed by atoms with Gasteiger partial charge in [-0.2, -0.15) is 0 Å². The van der Waals surface area contributed by atoms with E-state index in [4.69, 9.17) is 4.74 Å². The second-order valence-electron chi connectivity index (χ2n) is 5.89. The number of hydrogen-bond acceptors (Lipinski definition) is 2. The third kappa shape index (κ3) is 3.73. The van der Waals surface area contributed by atoms with Crippen molar-refractivity contribution in [3.63, 3.8) is 0 Å². The summed E-state index contributed by atoms with van der Waals surface area (Å²) < 4.78 is 6.14. The zero-order chi connectivity index (χ0) is 13.8. The van der Waals surface area contributed by atoms with Crippen LogP contribution in [0.4, 0.5) is 0 Å². The molecule has 0 radical (unpaired) electrons. The van der Waals surface area contributed by atoms with Gasteiger partial charge in [0.1, 0.15) is 5.75 Å². The van der Waals surface area contributed by atoms with Crippen molar-refractivity contribution in [2.45, 2.75) is 65.1 Å². The van der Waals surface area contributed by atoms with Gasteiger partial charge in [-0.25, -0.2) is 0 Å². The predicted molar refractivity (Wildman–Crippen MR) is 78.5 cm³/mol. The van der Waals surface area contributed by atoms with E-state index >= 15 is 0 Å². The minimum Gasteiger partial charge on any atom is -0.490 e. The molecule has 1 fully saturated rings. The highest BCUT2D eigenvalue weighted by Crippen LogP contribution is 2.32. The van der Waals surface area contributed by atoms with Gasteiger partial charge in [-0.3, -0.25) is 0 Å². The lowest BCUT2D eigenvalue weighted by molar-refractivity contribution is 0.122. The minimum absolute atomic E-state index is 0.322. The van der Waals surface area contributed by atoms with Crippen molar-refractivity contribution < 1.29 is 9.84 Å². The molecule has 106 valence electrons. The van der Waals surface area contributed by atoms with Crippen LogP contribution in [0.5, 0.6) is 5.75 Å². The quantitative estimate of drug-likeness (QED) is 0.871. The number of rotatable bonds is 4. The summed E-state index contributed by atoms with van der Waals surface area (Å²) in [5, 5.41) is 9.86. The molecule has 0 unspecified atom stereocenters. The first-order chi connectivity index (χ1) is 9.10. The molecule has 2 heteroatoms. The lowest BCUT2D eigenvalue weighted by Crippen LogP contribution is -2.24. The summed E-state index contributed by atoms with van der Waals surface area (Å²) in [6.07, 6.45) is 5.98. The highest BCUT2D eigenvalue weighted by molar-refractivity contribution is 5.38. The topological polar surface area (TPSA) is 29.5 Å². The fourth-order valence-corrected chi connectivity index (χ4v) is 2.94. The summed E-state index contributed by atoms with van der Waals surface area (Å²) in [6.45, 7) is 6.12. The van der Waals surface area contributed by atoms with Gasteiger partial charge in [0.15, 0.2) is 0 Å². The van der Waals surface area contributed by atoms with E-state index < -0.39 is 6.10 Å². The Kier molecular flexibility index (Phi) is 4.87. The van der Waals surface area contributed by atoms with Gasteiger partial charge < -0.3 is 9.84 Å². The van der Waals surface area contributed by atoms with Crippen molar-refractivity contribution >= 4 is 0 Å². The summed E-state index contributed by atoms with van der Waals surface area (Å²) in [4.78, 5) is 0. The zero-order valence-electron chi connectivity index (χ0n) is 12.4. The fraction of sp³-hybridized carbons (Fsp3) is 0.647. The van der Waals surface area contributed by atoms with Gasteiger partial charge in [0.25, 0.3) is 0 Å². The van der Waals surface area contributed by atoms with Crippen LogP contribution in [-0.4, -0.2) is 11.2 Å². The van der Waals surface area contributed by atoms with Gasteiger partial charge in [0, 0.05) is 5.56 Å². The largest absolute Gasteiger partial charge is 0.490 e. The standard InChI is InChI=1S/C17H26O2/c1-4-14-6-8-15(9-7-14)19-17-10-5-12(2)11-16(17)13(3)18/h5,10-11,13-15,18H,4,6-9H2,1-3H3/t13-,14?,15?/m1/s1. The number of hydrogen-bond donors (Lipinski definition) is 1. The Balaban J connectivity index is 2.03. The normalized spacial score (nSPS) is 25.1. The zero-order valence-corrected chi connectivity index (χ0v) is 12.4. The van der Waals surface area contributed by atoms with Gasteiger partial charge >= 0.3 is 0 Å². The summed E-state index contributed by atoms with van der Waals surface area (Å²) in [5.41, 5.74) is 2.08. The highest BCUT2D eigenvalue weighted by Gasteiger charge is 2.22. The van der Waals surface area contributed by atoms with Crippen LogP contribution in [0.25, 0.3) is 0 Å². The number of aliphatic hydroxyl groups is 1. The average molecular weight is 262 g/mol. The second kappa shape index (κ2) is 6.42. The molecule has 1 aromatic rings. The molecule has 0 amide bonds. The molecule has 0 aromatic heterocycles. The maximum Gasteiger partial charge on any atom is 0.125 e. The third-order valence-corrected chi connectivity index (χ3v) is 4.28. The van der Waals surface area contributed by atoms with E-state index in [1.807, 2.05) is 19.1 Å². The van der Waals surface area contributed by atoms with Crippen molar-refractivity contribution in [2.24, 2.45) is 5.92 Å². The molecule has 19 heavy (non-hydrogen) atoms. The molecule has 0 heterocycles. The molecule has 1 saturated carbocycles. The summed E-state index contributed by atoms with van der Waals surface area (Å²) in [6, 6.07) is 6.08. The molecule has 0 spiro atoms. The molecule has 1 atom stereocenters. The van der Waals surface area contributed by atoms with Crippen molar-refractivity contribution in [1.29, 1.82) is 0 Å². The van der Waals surface area contributed by atoms with E-state index in [0.29, 0.717) is 6.10 Å². The average Bonchev–Trinajstić information content (AvgIpc) is 2.41. The van der Waals surface area contributed by atoms with Crippen LogP contribution in [0, 0.1) is 12.8 Å². The Morgan fingerprint density at radius 3 is 2.53 bits per heavy atom. The summed E-state index contributed by atoms with van der Waals surface area (Å²) in [7, 11) is 0. The van der Waals surface area contributed by atoms with Gasteiger partial charge in [-0.15, -0.1) is 0 Å². The number of aryl methyl sites for hydroxylation is 1. The lowest BCUT2D eigenvalue weighted by atomic mass is 9.86. The highest BCUT2D eigenvalue weighted by atomic mass is 16.5. The second-order valence-corrected chi connectivity index (χ2v) is 5.89. The Morgan fingerprint density at radius 2 is 1.95 bits per heavy atom. The van der Waals surface area contributed by atoms with Gasteiger partial charge in [0.2, 0.25) is 0 Å². The van der Waals surface area contributed by atoms with E-state index in [0.717, 1.165) is 35.6 Å². The van der Waals surface area contributed by atoms with Crippen LogP contribution in [0.3, 0.4) is 0 Å². The lowest BCUT2D eigenvalue weighted by Gasteiger charge is -2.29. The van der Waals surface area contributed by atoms with Crippen molar-refractivity contribution in [1.82, 2.24) is 0 Å². The van der Waals surface area contributed by atoms with Crippen LogP contribution in [0.2, 0.25) is 0 Å². The summed E-state index contributed by atoms with van der Waals surface area (Å²) in [5.74, 6) is 1.75. The first kappa shape index (κ1) is 14.4. The Labute approximate surface area is 116 Å². The molecular formula is C17H26O2. The number of ether oxygens (including phenoxy) is 1. The molecule has 1 aromatic carbocycles. The van der Waals surface area contributed by atoms with Crippen molar-refractivity contribution in [2.75, 3.05) is 0 Å². The predicted octanol–water partition coefficient (Wildman–Crippen LogP) is 4.40. The molecule has 0 bridgehead atoms. The minimum atomic E-state index is -0.470. The fourth-order valence-electron chi connectivity index (χ4n) is 2.94. The molecule has 2 rings (SSSR count). The van der Waals surface area contributed by atoms with Crippen molar-refractivity contribution in [3.05, 3.63) is 29.3 Å². The Bertz CT molecular complexity index is 404. The van der Waals surface area contributed by atoms with E-state index in [1.165, 1.54) is 19.3 Å². The van der Waals surface area contributed by atoms with E-state index in [2.05, 4.69) is 13.0 Å². The van der Waals surface area contributed by atoms with E-state index in [1.54, 1.807) is 6.92 Å². The summed E-state index contributed by atoms with van der Waals surface area (Å²) >= 11 is 0. The van der Waals surface area contributed by atoms with Crippen LogP contribution in [0.15, 0.2) is 18.2 Å². The molecule has 1 aliphatic carbocycles.